The first-order valence-corrected chi connectivity index (χ1v) is 5.12. The van der Waals surface area contributed by atoms with E-state index in [-0.39, 0.29) is 5.41 Å². The third-order valence-corrected chi connectivity index (χ3v) is 3.30. The summed E-state index contributed by atoms with van der Waals surface area (Å²) in [4.78, 5) is 0. The highest BCUT2D eigenvalue weighted by atomic mass is 14.6. The van der Waals surface area contributed by atoms with Gasteiger partial charge in [-0.1, -0.05) is 20.8 Å². The molecule has 1 aromatic carbocycles. The van der Waals surface area contributed by atoms with Gasteiger partial charge >= 0.3 is 0 Å². The number of anilines is 2. The summed E-state index contributed by atoms with van der Waals surface area (Å²) in [6, 6.07) is 3.85. The van der Waals surface area contributed by atoms with Crippen LogP contribution in [0.25, 0.3) is 0 Å². The molecule has 1 aliphatic rings. The molecule has 0 fully saturated rings. The van der Waals surface area contributed by atoms with E-state index in [0.29, 0.717) is 5.92 Å². The number of rotatable bonds is 0. The zero-order valence-corrected chi connectivity index (χ0v) is 9.09. The van der Waals surface area contributed by atoms with Crippen LogP contribution in [-0.2, 0) is 5.41 Å². The molecule has 2 rings (SSSR count). The normalized spacial score (nSPS) is 23.5. The van der Waals surface area contributed by atoms with Crippen LogP contribution in [0.3, 0.4) is 0 Å². The maximum absolute atomic E-state index is 6.02. The Kier molecular flexibility index (Phi) is 1.78. The van der Waals surface area contributed by atoms with E-state index in [4.69, 9.17) is 11.5 Å². The maximum atomic E-state index is 6.02. The van der Waals surface area contributed by atoms with Gasteiger partial charge in [0.25, 0.3) is 0 Å². The molecule has 14 heavy (non-hydrogen) atoms. The summed E-state index contributed by atoms with van der Waals surface area (Å²) in [5, 5.41) is 0. The Morgan fingerprint density at radius 1 is 1.21 bits per heavy atom. The average molecular weight is 190 g/mol. The van der Waals surface area contributed by atoms with Crippen molar-refractivity contribution in [3.8, 4) is 0 Å². The molecule has 4 N–H and O–H groups in total. The number of nitrogens with two attached hydrogens (primary N) is 2. The van der Waals surface area contributed by atoms with Crippen molar-refractivity contribution in [2.75, 3.05) is 11.5 Å². The predicted octanol–water partition coefficient (Wildman–Crippen LogP) is 2.64. The highest BCUT2D eigenvalue weighted by Crippen LogP contribution is 2.50. The van der Waals surface area contributed by atoms with E-state index >= 15 is 0 Å². The molecule has 0 amide bonds. The van der Waals surface area contributed by atoms with Gasteiger partial charge in [-0.25, -0.2) is 0 Å². The molecule has 2 nitrogen and oxygen atoms in total. The first-order chi connectivity index (χ1) is 6.43. The van der Waals surface area contributed by atoms with Gasteiger partial charge in [-0.2, -0.15) is 0 Å². The van der Waals surface area contributed by atoms with Crippen molar-refractivity contribution in [1.29, 1.82) is 0 Å². The summed E-state index contributed by atoms with van der Waals surface area (Å²) in [5.41, 5.74) is 16.5. The Morgan fingerprint density at radius 3 is 2.36 bits per heavy atom. The van der Waals surface area contributed by atoms with E-state index < -0.39 is 0 Å². The Hall–Kier alpha value is -1.18. The van der Waals surface area contributed by atoms with Gasteiger partial charge < -0.3 is 11.5 Å². The molecule has 0 saturated heterocycles. The monoisotopic (exact) mass is 190 g/mol. The molecule has 1 aromatic rings. The Labute approximate surface area is 85.3 Å². The second kappa shape index (κ2) is 2.66. The van der Waals surface area contributed by atoms with E-state index in [0.717, 1.165) is 17.8 Å². The minimum Gasteiger partial charge on any atom is -0.398 e. The fourth-order valence-electron chi connectivity index (χ4n) is 2.91. The van der Waals surface area contributed by atoms with Gasteiger partial charge in [0.15, 0.2) is 0 Å². The Balaban J connectivity index is 2.73. The van der Waals surface area contributed by atoms with E-state index in [1.165, 1.54) is 11.1 Å². The minimum atomic E-state index is 0.175. The van der Waals surface area contributed by atoms with Crippen molar-refractivity contribution in [2.24, 2.45) is 0 Å². The van der Waals surface area contributed by atoms with E-state index in [2.05, 4.69) is 20.8 Å². The summed E-state index contributed by atoms with van der Waals surface area (Å²) < 4.78 is 0. The van der Waals surface area contributed by atoms with Crippen molar-refractivity contribution >= 4 is 11.4 Å². The lowest BCUT2D eigenvalue weighted by Gasteiger charge is -2.21. The van der Waals surface area contributed by atoms with Gasteiger partial charge in [0.05, 0.1) is 0 Å². The van der Waals surface area contributed by atoms with Crippen molar-refractivity contribution in [1.82, 2.24) is 0 Å². The molecule has 1 unspecified atom stereocenters. The van der Waals surface area contributed by atoms with Gasteiger partial charge in [-0.05, 0) is 41.0 Å². The average Bonchev–Trinajstić information content (AvgIpc) is 2.30. The smallest absolute Gasteiger partial charge is 0.0356 e. The number of benzene rings is 1. The first-order valence-electron chi connectivity index (χ1n) is 5.12. The lowest BCUT2D eigenvalue weighted by Crippen LogP contribution is -2.14. The Morgan fingerprint density at radius 2 is 1.79 bits per heavy atom. The van der Waals surface area contributed by atoms with E-state index in [1.54, 1.807) is 0 Å². The largest absolute Gasteiger partial charge is 0.398 e. The van der Waals surface area contributed by atoms with Crippen LogP contribution >= 0.6 is 0 Å². The highest BCUT2D eigenvalue weighted by Gasteiger charge is 2.37. The van der Waals surface area contributed by atoms with Crippen molar-refractivity contribution < 1.29 is 0 Å². The second-order valence-corrected chi connectivity index (χ2v) is 5.02. The molecule has 76 valence electrons. The third kappa shape index (κ3) is 1.10. The third-order valence-electron chi connectivity index (χ3n) is 3.30. The van der Waals surface area contributed by atoms with E-state index in [1.807, 2.05) is 12.1 Å². The Bertz CT molecular complexity index is 380. The van der Waals surface area contributed by atoms with Crippen LogP contribution in [0.15, 0.2) is 12.1 Å². The highest BCUT2D eigenvalue weighted by molar-refractivity contribution is 5.67. The molecule has 0 aromatic heterocycles. The number of hydrogen-bond acceptors (Lipinski definition) is 2. The second-order valence-electron chi connectivity index (χ2n) is 5.02. The molecule has 1 atom stereocenters. The van der Waals surface area contributed by atoms with Crippen LogP contribution in [-0.4, -0.2) is 0 Å². The molecule has 0 heterocycles. The standard InChI is InChI=1S/C12H18N2/c1-7-6-12(2,3)11-9(14)5-4-8(13)10(7)11/h4-5,7H,6,13-14H2,1-3H3. The fourth-order valence-corrected chi connectivity index (χ4v) is 2.91. The molecule has 0 saturated carbocycles. The topological polar surface area (TPSA) is 52.0 Å². The molecule has 0 aliphatic heterocycles. The molecule has 1 aliphatic carbocycles. The summed E-state index contributed by atoms with van der Waals surface area (Å²) in [6.07, 6.45) is 1.14. The maximum Gasteiger partial charge on any atom is 0.0356 e. The summed E-state index contributed by atoms with van der Waals surface area (Å²) in [5.74, 6) is 0.531. The lowest BCUT2D eigenvalue weighted by atomic mass is 9.85. The van der Waals surface area contributed by atoms with Crippen LogP contribution < -0.4 is 11.5 Å². The van der Waals surface area contributed by atoms with Gasteiger partial charge in [-0.3, -0.25) is 0 Å². The quantitative estimate of drug-likeness (QED) is 0.618. The molecule has 0 radical (unpaired) electrons. The number of nitrogen functional groups attached to an aromatic ring is 2. The van der Waals surface area contributed by atoms with Gasteiger partial charge in [-0.15, -0.1) is 0 Å². The van der Waals surface area contributed by atoms with Gasteiger partial charge in [0.2, 0.25) is 0 Å². The molecule has 0 spiro atoms. The zero-order chi connectivity index (χ0) is 10.5. The van der Waals surface area contributed by atoms with Gasteiger partial charge in [0, 0.05) is 11.4 Å². The van der Waals surface area contributed by atoms with Gasteiger partial charge in [0.1, 0.15) is 0 Å². The van der Waals surface area contributed by atoms with E-state index in [9.17, 15) is 0 Å². The minimum absolute atomic E-state index is 0.175. The van der Waals surface area contributed by atoms with Crippen LogP contribution in [0.4, 0.5) is 11.4 Å². The lowest BCUT2D eigenvalue weighted by molar-refractivity contribution is 0.490. The molecular weight excluding hydrogens is 172 g/mol. The van der Waals surface area contributed by atoms with Crippen LogP contribution in [0.1, 0.15) is 44.2 Å². The fraction of sp³-hybridized carbons (Fsp3) is 0.500. The van der Waals surface area contributed by atoms with Crippen molar-refractivity contribution in [2.45, 2.75) is 38.5 Å². The van der Waals surface area contributed by atoms with Crippen molar-refractivity contribution in [3.63, 3.8) is 0 Å². The number of hydrogen-bond donors (Lipinski definition) is 2. The van der Waals surface area contributed by atoms with Crippen LogP contribution in [0.5, 0.6) is 0 Å². The molecule has 0 bridgehead atoms. The summed E-state index contributed by atoms with van der Waals surface area (Å²) in [6.45, 7) is 6.71. The summed E-state index contributed by atoms with van der Waals surface area (Å²) in [7, 11) is 0. The predicted molar refractivity (Wildman–Crippen MR) is 61.3 cm³/mol. The van der Waals surface area contributed by atoms with Crippen molar-refractivity contribution in [3.05, 3.63) is 23.3 Å². The zero-order valence-electron chi connectivity index (χ0n) is 9.09. The molecular formula is C12H18N2. The summed E-state index contributed by atoms with van der Waals surface area (Å²) >= 11 is 0. The van der Waals surface area contributed by atoms with Crippen LogP contribution in [0, 0.1) is 0 Å². The first kappa shape index (κ1) is 9.38. The number of fused-ring (bicyclic) bond motifs is 1. The molecule has 2 heteroatoms. The SMILES string of the molecule is CC1CC(C)(C)c2c(N)ccc(N)c21. The van der Waals surface area contributed by atoms with Crippen LogP contribution in [0.2, 0.25) is 0 Å².